The van der Waals surface area contributed by atoms with Crippen molar-refractivity contribution in [3.8, 4) is 5.75 Å². The van der Waals surface area contributed by atoms with Crippen LogP contribution in [0.2, 0.25) is 5.02 Å². The quantitative estimate of drug-likeness (QED) is 0.481. The highest BCUT2D eigenvalue weighted by molar-refractivity contribution is 7.99. The molecule has 2 amide bonds. The summed E-state index contributed by atoms with van der Waals surface area (Å²) in [5.41, 5.74) is 6.98. The molecule has 1 aliphatic carbocycles. The largest absolute Gasteiger partial charge is 0.484 e. The normalized spacial score (nSPS) is 12.6. The molecule has 3 N–H and O–H groups in total. The third-order valence-electron chi connectivity index (χ3n) is 4.87. The molecule has 0 spiro atoms. The zero-order valence-corrected chi connectivity index (χ0v) is 19.1. The number of nitrogens with two attached hydrogens (primary N) is 1. The number of nitrogens with zero attached hydrogens (tertiary/aromatic N) is 3. The number of aryl methyl sites for hydroxylation is 1. The molecule has 0 saturated heterocycles. The van der Waals surface area contributed by atoms with E-state index in [0.717, 1.165) is 29.7 Å². The van der Waals surface area contributed by atoms with Gasteiger partial charge in [0.05, 0.1) is 16.3 Å². The maximum absolute atomic E-state index is 12.5. The van der Waals surface area contributed by atoms with Gasteiger partial charge in [0, 0.05) is 11.9 Å². The fraction of sp³-hybridized carbons (Fsp3) is 0.300. The molecule has 4 rings (SSSR count). The van der Waals surface area contributed by atoms with Crippen molar-refractivity contribution in [2.24, 2.45) is 12.8 Å². The maximum atomic E-state index is 12.5. The Morgan fingerprint density at radius 3 is 2.90 bits per heavy atom. The molecule has 1 aliphatic rings. The number of carbonyl (C=O) groups is 2. The number of fused-ring (bicyclic) bond motifs is 1. The number of primary amides is 1. The number of rotatable bonds is 8. The number of hydrogen-bond acceptors (Lipinski definition) is 7. The lowest BCUT2D eigenvalue weighted by molar-refractivity contribution is -0.113. The Kier molecular flexibility index (Phi) is 6.49. The van der Waals surface area contributed by atoms with Crippen molar-refractivity contribution in [1.29, 1.82) is 0 Å². The predicted octanol–water partition coefficient (Wildman–Crippen LogP) is 3.43. The number of carbonyl (C=O) groups excluding carboxylic acids is 2. The lowest BCUT2D eigenvalue weighted by atomic mass is 10.1. The first-order valence-corrected chi connectivity index (χ1v) is 11.7. The average molecular weight is 478 g/mol. The Hall–Kier alpha value is -2.56. The fourth-order valence-corrected chi connectivity index (χ4v) is 5.58. The standard InChI is InChI=1S/C20H20ClN5O3S2/c1-26-15(9-29-13-7-3-2-6-12(13)21)24-25-20(26)30-10-16(27)23-19-17(18(22)28)11-5-4-8-14(11)31-19/h2-3,6-7H,4-5,8-10H2,1H3,(H2,22,28)(H,23,27). The first-order valence-electron chi connectivity index (χ1n) is 9.56. The second-order valence-electron chi connectivity index (χ2n) is 6.94. The summed E-state index contributed by atoms with van der Waals surface area (Å²) in [5.74, 6) is 0.559. The van der Waals surface area contributed by atoms with Gasteiger partial charge in [-0.15, -0.1) is 21.5 Å². The van der Waals surface area contributed by atoms with Crippen molar-refractivity contribution in [2.45, 2.75) is 31.0 Å². The molecule has 0 radical (unpaired) electrons. The van der Waals surface area contributed by atoms with Crippen LogP contribution in [-0.4, -0.2) is 32.3 Å². The van der Waals surface area contributed by atoms with Crippen LogP contribution in [0.1, 0.15) is 33.0 Å². The topological polar surface area (TPSA) is 112 Å². The molecule has 11 heteroatoms. The summed E-state index contributed by atoms with van der Waals surface area (Å²) in [6.45, 7) is 0.197. The lowest BCUT2D eigenvalue weighted by Crippen LogP contribution is -2.19. The Bertz CT molecular complexity index is 1140. The molecule has 0 unspecified atom stereocenters. The van der Waals surface area contributed by atoms with Gasteiger partial charge in [-0.3, -0.25) is 9.59 Å². The molecular formula is C20H20ClN5O3S2. The highest BCUT2D eigenvalue weighted by Crippen LogP contribution is 2.39. The molecule has 0 atom stereocenters. The number of para-hydroxylation sites is 1. The van der Waals surface area contributed by atoms with Gasteiger partial charge in [-0.05, 0) is 37.0 Å². The van der Waals surface area contributed by atoms with Crippen LogP contribution in [0.3, 0.4) is 0 Å². The van der Waals surface area contributed by atoms with Crippen molar-refractivity contribution < 1.29 is 14.3 Å². The smallest absolute Gasteiger partial charge is 0.251 e. The van der Waals surface area contributed by atoms with Crippen molar-refractivity contribution in [3.05, 3.63) is 51.1 Å². The third kappa shape index (κ3) is 4.70. The number of halogens is 1. The van der Waals surface area contributed by atoms with Gasteiger partial charge in [0.1, 0.15) is 17.4 Å². The van der Waals surface area contributed by atoms with Crippen molar-refractivity contribution in [1.82, 2.24) is 14.8 Å². The van der Waals surface area contributed by atoms with Crippen LogP contribution >= 0.6 is 34.7 Å². The second kappa shape index (κ2) is 9.29. The van der Waals surface area contributed by atoms with E-state index in [1.54, 1.807) is 23.7 Å². The molecule has 8 nitrogen and oxygen atoms in total. The lowest BCUT2D eigenvalue weighted by Gasteiger charge is -2.08. The van der Waals surface area contributed by atoms with E-state index in [2.05, 4.69) is 15.5 Å². The first-order chi connectivity index (χ1) is 14.9. The molecule has 3 aromatic rings. The zero-order valence-electron chi connectivity index (χ0n) is 16.7. The van der Waals surface area contributed by atoms with Crippen LogP contribution < -0.4 is 15.8 Å². The minimum absolute atomic E-state index is 0.123. The molecule has 0 bridgehead atoms. The molecule has 2 aromatic heterocycles. The molecule has 2 heterocycles. The molecule has 31 heavy (non-hydrogen) atoms. The van der Waals surface area contributed by atoms with Crippen molar-refractivity contribution in [2.75, 3.05) is 11.1 Å². The van der Waals surface area contributed by atoms with Gasteiger partial charge in [-0.25, -0.2) is 0 Å². The minimum atomic E-state index is -0.501. The fourth-order valence-electron chi connectivity index (χ4n) is 3.35. The monoisotopic (exact) mass is 477 g/mol. The van der Waals surface area contributed by atoms with Crippen LogP contribution in [0, 0.1) is 0 Å². The Balaban J connectivity index is 1.35. The van der Waals surface area contributed by atoms with E-state index in [-0.39, 0.29) is 18.3 Å². The number of nitrogens with one attached hydrogen (secondary N) is 1. The summed E-state index contributed by atoms with van der Waals surface area (Å²) < 4.78 is 7.47. The van der Waals surface area contributed by atoms with Gasteiger partial charge in [-0.1, -0.05) is 35.5 Å². The van der Waals surface area contributed by atoms with Crippen LogP contribution in [-0.2, 0) is 31.3 Å². The molecule has 0 fully saturated rings. The van der Waals surface area contributed by atoms with Gasteiger partial charge in [0.2, 0.25) is 5.91 Å². The number of hydrogen-bond donors (Lipinski definition) is 2. The van der Waals surface area contributed by atoms with Crippen LogP contribution in [0.4, 0.5) is 5.00 Å². The van der Waals surface area contributed by atoms with Crippen LogP contribution in [0.5, 0.6) is 5.75 Å². The van der Waals surface area contributed by atoms with E-state index in [9.17, 15) is 9.59 Å². The number of ether oxygens (including phenoxy) is 1. The highest BCUT2D eigenvalue weighted by atomic mass is 35.5. The van der Waals surface area contributed by atoms with Crippen molar-refractivity contribution in [3.63, 3.8) is 0 Å². The van der Waals surface area contributed by atoms with E-state index in [4.69, 9.17) is 22.1 Å². The highest BCUT2D eigenvalue weighted by Gasteiger charge is 2.26. The zero-order chi connectivity index (χ0) is 22.0. The van der Waals surface area contributed by atoms with Gasteiger partial charge in [-0.2, -0.15) is 0 Å². The molecule has 0 aliphatic heterocycles. The number of thiophene rings is 1. The van der Waals surface area contributed by atoms with E-state index in [1.807, 2.05) is 12.1 Å². The summed E-state index contributed by atoms with van der Waals surface area (Å²) in [6, 6.07) is 7.19. The average Bonchev–Trinajstić information content (AvgIpc) is 3.40. The summed E-state index contributed by atoms with van der Waals surface area (Å²) in [7, 11) is 1.81. The minimum Gasteiger partial charge on any atom is -0.484 e. The second-order valence-corrected chi connectivity index (χ2v) is 9.39. The van der Waals surface area contributed by atoms with Gasteiger partial charge in [0.25, 0.3) is 5.91 Å². The van der Waals surface area contributed by atoms with Gasteiger partial charge >= 0.3 is 0 Å². The van der Waals surface area contributed by atoms with Crippen molar-refractivity contribution >= 4 is 51.5 Å². The first kappa shape index (κ1) is 21.7. The van der Waals surface area contributed by atoms with Crippen LogP contribution in [0.15, 0.2) is 29.4 Å². The summed E-state index contributed by atoms with van der Waals surface area (Å²) in [6.07, 6.45) is 2.76. The number of anilines is 1. The number of aromatic nitrogens is 3. The summed E-state index contributed by atoms with van der Waals surface area (Å²) in [5, 5.41) is 12.7. The summed E-state index contributed by atoms with van der Waals surface area (Å²) >= 11 is 8.78. The Morgan fingerprint density at radius 1 is 1.32 bits per heavy atom. The Morgan fingerprint density at radius 2 is 2.13 bits per heavy atom. The summed E-state index contributed by atoms with van der Waals surface area (Å²) in [4.78, 5) is 25.5. The van der Waals surface area contributed by atoms with E-state index >= 15 is 0 Å². The number of amides is 2. The van der Waals surface area contributed by atoms with Gasteiger partial charge < -0.3 is 20.4 Å². The third-order valence-corrected chi connectivity index (χ3v) is 7.41. The Labute approximate surface area is 192 Å². The molecule has 1 aromatic carbocycles. The van der Waals surface area contributed by atoms with E-state index in [0.29, 0.717) is 32.3 Å². The molecular weight excluding hydrogens is 458 g/mol. The molecule has 0 saturated carbocycles. The SMILES string of the molecule is Cn1c(COc2ccccc2Cl)nnc1SCC(=O)Nc1sc2c(c1C(N)=O)CCC2. The van der Waals surface area contributed by atoms with Crippen LogP contribution in [0.25, 0.3) is 0 Å². The number of thioether (sulfide) groups is 1. The van der Waals surface area contributed by atoms with E-state index in [1.165, 1.54) is 23.1 Å². The van der Waals surface area contributed by atoms with E-state index < -0.39 is 5.91 Å². The molecule has 162 valence electrons. The van der Waals surface area contributed by atoms with Gasteiger partial charge in [0.15, 0.2) is 11.0 Å². The predicted molar refractivity (Wildman–Crippen MR) is 121 cm³/mol. The maximum Gasteiger partial charge on any atom is 0.251 e. The number of benzene rings is 1.